The molecule has 0 aromatic heterocycles. The van der Waals surface area contributed by atoms with Gasteiger partial charge in [-0.15, -0.1) is 0 Å². The Morgan fingerprint density at radius 3 is 2.58 bits per heavy atom. The SMILES string of the molecule is CS(=O)(=O)c1cc(O)c(CC2CCNCC2)cc1F. The van der Waals surface area contributed by atoms with E-state index in [-0.39, 0.29) is 5.75 Å². The Morgan fingerprint density at radius 1 is 1.37 bits per heavy atom. The number of sulfone groups is 1. The van der Waals surface area contributed by atoms with Gasteiger partial charge in [-0.2, -0.15) is 0 Å². The van der Waals surface area contributed by atoms with Crippen molar-refractivity contribution in [2.24, 2.45) is 5.92 Å². The number of rotatable bonds is 3. The second-order valence-electron chi connectivity index (χ2n) is 5.08. The lowest BCUT2D eigenvalue weighted by atomic mass is 9.90. The number of hydrogen-bond acceptors (Lipinski definition) is 4. The zero-order valence-electron chi connectivity index (χ0n) is 10.8. The maximum Gasteiger partial charge on any atom is 0.178 e. The third kappa shape index (κ3) is 3.45. The first kappa shape index (κ1) is 14.3. The molecule has 4 nitrogen and oxygen atoms in total. The zero-order chi connectivity index (χ0) is 14.0. The smallest absolute Gasteiger partial charge is 0.178 e. The maximum atomic E-state index is 13.8. The first-order valence-corrected chi connectivity index (χ1v) is 8.19. The number of aromatic hydroxyl groups is 1. The number of hydrogen-bond donors (Lipinski definition) is 2. The predicted octanol–water partition coefficient (Wildman–Crippen LogP) is 1.48. The Hall–Kier alpha value is -1.14. The van der Waals surface area contributed by atoms with Crippen molar-refractivity contribution in [3.8, 4) is 5.75 Å². The molecule has 1 saturated heterocycles. The zero-order valence-corrected chi connectivity index (χ0v) is 11.6. The van der Waals surface area contributed by atoms with Crippen LogP contribution in [0, 0.1) is 11.7 Å². The van der Waals surface area contributed by atoms with E-state index in [9.17, 15) is 17.9 Å². The summed E-state index contributed by atoms with van der Waals surface area (Å²) in [6, 6.07) is 2.16. The van der Waals surface area contributed by atoms with E-state index < -0.39 is 20.5 Å². The van der Waals surface area contributed by atoms with E-state index in [1.54, 1.807) is 0 Å². The highest BCUT2D eigenvalue weighted by Crippen LogP contribution is 2.29. The summed E-state index contributed by atoms with van der Waals surface area (Å²) in [5.74, 6) is -0.528. The lowest BCUT2D eigenvalue weighted by Crippen LogP contribution is -2.28. The van der Waals surface area contributed by atoms with Crippen molar-refractivity contribution >= 4 is 9.84 Å². The van der Waals surface area contributed by atoms with Crippen LogP contribution in [0.2, 0.25) is 0 Å². The van der Waals surface area contributed by atoms with Crippen LogP contribution in [0.4, 0.5) is 4.39 Å². The summed E-state index contributed by atoms with van der Waals surface area (Å²) in [6.45, 7) is 1.85. The lowest BCUT2D eigenvalue weighted by Gasteiger charge is -2.23. The first-order chi connectivity index (χ1) is 8.88. The summed E-state index contributed by atoms with van der Waals surface area (Å²) < 4.78 is 36.5. The highest BCUT2D eigenvalue weighted by Gasteiger charge is 2.20. The molecule has 1 aliphatic rings. The van der Waals surface area contributed by atoms with Crippen molar-refractivity contribution < 1.29 is 17.9 Å². The van der Waals surface area contributed by atoms with Gasteiger partial charge in [0.05, 0.1) is 0 Å². The van der Waals surface area contributed by atoms with Crippen molar-refractivity contribution in [1.29, 1.82) is 0 Å². The summed E-state index contributed by atoms with van der Waals surface area (Å²) in [6.07, 6.45) is 3.47. The van der Waals surface area contributed by atoms with E-state index in [4.69, 9.17) is 0 Å². The molecule has 0 spiro atoms. The van der Waals surface area contributed by atoms with Gasteiger partial charge in [0.25, 0.3) is 0 Å². The number of nitrogens with one attached hydrogen (secondary N) is 1. The summed E-state index contributed by atoms with van der Waals surface area (Å²) >= 11 is 0. The van der Waals surface area contributed by atoms with Gasteiger partial charge in [-0.05, 0) is 49.9 Å². The van der Waals surface area contributed by atoms with Gasteiger partial charge in [0.2, 0.25) is 0 Å². The van der Waals surface area contributed by atoms with Crippen molar-refractivity contribution in [3.63, 3.8) is 0 Å². The Balaban J connectivity index is 2.25. The molecule has 1 heterocycles. The minimum absolute atomic E-state index is 0.139. The standard InChI is InChI=1S/C13H18FNO3S/c1-19(17,18)13-8-12(16)10(7-11(13)14)6-9-2-4-15-5-3-9/h7-9,15-16H,2-6H2,1H3. The molecule has 0 atom stereocenters. The molecule has 0 unspecified atom stereocenters. The second-order valence-corrected chi connectivity index (χ2v) is 7.07. The van der Waals surface area contributed by atoms with Gasteiger partial charge in [-0.25, -0.2) is 12.8 Å². The number of halogens is 1. The molecule has 0 saturated carbocycles. The van der Waals surface area contributed by atoms with E-state index in [2.05, 4.69) is 5.32 Å². The van der Waals surface area contributed by atoms with E-state index in [1.165, 1.54) is 0 Å². The highest BCUT2D eigenvalue weighted by atomic mass is 32.2. The monoisotopic (exact) mass is 287 g/mol. The van der Waals surface area contributed by atoms with Crippen molar-refractivity contribution in [3.05, 3.63) is 23.5 Å². The molecular formula is C13H18FNO3S. The topological polar surface area (TPSA) is 66.4 Å². The van der Waals surface area contributed by atoms with E-state index in [0.29, 0.717) is 17.9 Å². The van der Waals surface area contributed by atoms with E-state index in [0.717, 1.165) is 44.3 Å². The molecule has 1 aliphatic heterocycles. The number of benzene rings is 1. The molecular weight excluding hydrogens is 269 g/mol. The van der Waals surface area contributed by atoms with Gasteiger partial charge in [0, 0.05) is 12.3 Å². The normalized spacial score (nSPS) is 17.6. The average molecular weight is 287 g/mol. The fourth-order valence-corrected chi connectivity index (χ4v) is 3.17. The molecule has 0 amide bonds. The molecule has 1 aromatic carbocycles. The Labute approximate surface area is 112 Å². The third-order valence-electron chi connectivity index (χ3n) is 3.50. The molecule has 1 aromatic rings. The van der Waals surface area contributed by atoms with Gasteiger partial charge < -0.3 is 10.4 Å². The quantitative estimate of drug-likeness (QED) is 0.883. The number of piperidine rings is 1. The van der Waals surface area contributed by atoms with Crippen LogP contribution in [0.15, 0.2) is 17.0 Å². The number of phenols is 1. The summed E-state index contributed by atoms with van der Waals surface area (Å²) in [7, 11) is -3.65. The minimum atomic E-state index is -3.65. The first-order valence-electron chi connectivity index (χ1n) is 6.30. The molecule has 2 rings (SSSR count). The largest absolute Gasteiger partial charge is 0.508 e. The molecule has 0 radical (unpaired) electrons. The van der Waals surface area contributed by atoms with Gasteiger partial charge in [0.1, 0.15) is 16.5 Å². The molecule has 106 valence electrons. The molecule has 1 fully saturated rings. The fourth-order valence-electron chi connectivity index (χ4n) is 2.43. The molecule has 2 N–H and O–H groups in total. The van der Waals surface area contributed by atoms with Crippen molar-refractivity contribution in [2.45, 2.75) is 24.2 Å². The summed E-state index contributed by atoms with van der Waals surface area (Å²) in [5.41, 5.74) is 0.483. The Morgan fingerprint density at radius 2 is 2.00 bits per heavy atom. The van der Waals surface area contributed by atoms with Crippen LogP contribution in [0.1, 0.15) is 18.4 Å². The van der Waals surface area contributed by atoms with Crippen LogP contribution >= 0.6 is 0 Å². The number of phenolic OH excluding ortho intramolecular Hbond substituents is 1. The van der Waals surface area contributed by atoms with E-state index >= 15 is 0 Å². The second kappa shape index (κ2) is 5.46. The van der Waals surface area contributed by atoms with Gasteiger partial charge in [-0.1, -0.05) is 0 Å². The van der Waals surface area contributed by atoms with Crippen LogP contribution in [-0.2, 0) is 16.3 Å². The van der Waals surface area contributed by atoms with Crippen LogP contribution in [0.3, 0.4) is 0 Å². The van der Waals surface area contributed by atoms with Crippen LogP contribution in [0.5, 0.6) is 5.75 Å². The van der Waals surface area contributed by atoms with Gasteiger partial charge >= 0.3 is 0 Å². The predicted molar refractivity (Wildman–Crippen MR) is 70.5 cm³/mol. The van der Waals surface area contributed by atoms with Gasteiger partial charge in [-0.3, -0.25) is 0 Å². The van der Waals surface area contributed by atoms with Crippen LogP contribution in [0.25, 0.3) is 0 Å². The fraction of sp³-hybridized carbons (Fsp3) is 0.538. The summed E-state index contributed by atoms with van der Waals surface area (Å²) in [5, 5.41) is 13.1. The maximum absolute atomic E-state index is 13.8. The highest BCUT2D eigenvalue weighted by molar-refractivity contribution is 7.90. The summed E-state index contributed by atoms with van der Waals surface area (Å²) in [4.78, 5) is -0.445. The minimum Gasteiger partial charge on any atom is -0.508 e. The van der Waals surface area contributed by atoms with Crippen LogP contribution < -0.4 is 5.32 Å². The Kier molecular flexibility index (Phi) is 4.10. The average Bonchev–Trinajstić information content (AvgIpc) is 2.33. The molecule has 0 bridgehead atoms. The van der Waals surface area contributed by atoms with Crippen molar-refractivity contribution in [2.75, 3.05) is 19.3 Å². The van der Waals surface area contributed by atoms with Gasteiger partial charge in [0.15, 0.2) is 9.84 Å². The van der Waals surface area contributed by atoms with Crippen molar-refractivity contribution in [1.82, 2.24) is 5.32 Å². The van der Waals surface area contributed by atoms with E-state index in [1.807, 2.05) is 0 Å². The Bertz CT molecular complexity index is 565. The molecule has 19 heavy (non-hydrogen) atoms. The lowest BCUT2D eigenvalue weighted by molar-refractivity contribution is 0.365. The van der Waals surface area contributed by atoms with Crippen LogP contribution in [-0.4, -0.2) is 32.9 Å². The molecule has 6 heteroatoms. The third-order valence-corrected chi connectivity index (χ3v) is 4.61. The molecule has 0 aliphatic carbocycles.